The first kappa shape index (κ1) is 23.2. The summed E-state index contributed by atoms with van der Waals surface area (Å²) in [7, 11) is 1.20. The summed E-state index contributed by atoms with van der Waals surface area (Å²) in [6, 6.07) is 6.00. The first-order chi connectivity index (χ1) is 16.2. The van der Waals surface area contributed by atoms with E-state index in [2.05, 4.69) is 15.3 Å². The number of methoxy groups -OCH3 is 1. The molecule has 0 saturated carbocycles. The zero-order valence-electron chi connectivity index (χ0n) is 17.7. The molecular weight excluding hydrogens is 457 g/mol. The monoisotopic (exact) mass is 476 g/mol. The summed E-state index contributed by atoms with van der Waals surface area (Å²) in [6.45, 7) is -0.735. The van der Waals surface area contributed by atoms with Crippen LogP contribution in [-0.2, 0) is 17.5 Å². The summed E-state index contributed by atoms with van der Waals surface area (Å²) < 4.78 is 50.1. The predicted molar refractivity (Wildman–Crippen MR) is 112 cm³/mol. The van der Waals surface area contributed by atoms with Crippen LogP contribution in [0.5, 0.6) is 5.75 Å². The summed E-state index contributed by atoms with van der Waals surface area (Å²) in [4.78, 5) is 34.1. The van der Waals surface area contributed by atoms with Crippen LogP contribution in [0.25, 0.3) is 10.9 Å². The number of aliphatic hydroxyl groups excluding tert-OH is 1. The van der Waals surface area contributed by atoms with E-state index in [1.54, 1.807) is 24.4 Å². The first-order valence-electron chi connectivity index (χ1n) is 10.0. The standard InChI is InChI=1S/C22H19F3N4O5/c1-33-16-6-14(5-15(7-16)22(23,24)25)19-17(10-30)29(21(32)34-19)20(31)27-9-13-4-2-3-12-8-26-11-28-18(12)13/h2-8,11,17,19,30H,9-10H2,1H3,(H,27,31)/t17-,19+/m0/s1. The van der Waals surface area contributed by atoms with Crippen molar-refractivity contribution in [2.45, 2.75) is 24.9 Å². The maximum atomic E-state index is 13.3. The van der Waals surface area contributed by atoms with E-state index < -0.39 is 42.6 Å². The van der Waals surface area contributed by atoms with Crippen molar-refractivity contribution in [3.63, 3.8) is 0 Å². The van der Waals surface area contributed by atoms with Gasteiger partial charge in [-0.25, -0.2) is 24.5 Å². The van der Waals surface area contributed by atoms with Gasteiger partial charge in [-0.1, -0.05) is 18.2 Å². The minimum Gasteiger partial charge on any atom is -0.497 e. The van der Waals surface area contributed by atoms with Crippen molar-refractivity contribution in [2.24, 2.45) is 0 Å². The molecule has 2 N–H and O–H groups in total. The number of amides is 3. The van der Waals surface area contributed by atoms with Gasteiger partial charge in [0.1, 0.15) is 18.1 Å². The Balaban J connectivity index is 1.57. The third kappa shape index (κ3) is 4.44. The van der Waals surface area contributed by atoms with Gasteiger partial charge in [-0.3, -0.25) is 0 Å². The van der Waals surface area contributed by atoms with E-state index >= 15 is 0 Å². The average molecular weight is 476 g/mol. The van der Waals surface area contributed by atoms with Gasteiger partial charge < -0.3 is 19.9 Å². The van der Waals surface area contributed by atoms with Crippen molar-refractivity contribution in [2.75, 3.05) is 13.7 Å². The van der Waals surface area contributed by atoms with Gasteiger partial charge in [0, 0.05) is 18.1 Å². The molecule has 3 aromatic rings. The highest BCUT2D eigenvalue weighted by molar-refractivity contribution is 5.93. The number of fused-ring (bicyclic) bond motifs is 1. The molecule has 0 bridgehead atoms. The highest BCUT2D eigenvalue weighted by atomic mass is 19.4. The number of aromatic nitrogens is 2. The van der Waals surface area contributed by atoms with Crippen LogP contribution in [0.1, 0.15) is 22.8 Å². The number of halogens is 3. The molecule has 4 rings (SSSR count). The molecule has 2 heterocycles. The number of rotatable bonds is 5. The molecular formula is C22H19F3N4O5. The fourth-order valence-electron chi connectivity index (χ4n) is 3.76. The number of aliphatic hydroxyl groups is 1. The van der Waals surface area contributed by atoms with Crippen molar-refractivity contribution in [3.8, 4) is 5.75 Å². The number of benzene rings is 2. The minimum atomic E-state index is -4.68. The summed E-state index contributed by atoms with van der Waals surface area (Å²) in [5, 5.41) is 13.2. The van der Waals surface area contributed by atoms with Crippen LogP contribution in [0, 0.1) is 0 Å². The highest BCUT2D eigenvalue weighted by Gasteiger charge is 2.46. The molecule has 0 radical (unpaired) electrons. The van der Waals surface area contributed by atoms with Gasteiger partial charge in [-0.05, 0) is 29.3 Å². The van der Waals surface area contributed by atoms with Crippen LogP contribution in [0.2, 0.25) is 0 Å². The largest absolute Gasteiger partial charge is 0.497 e. The van der Waals surface area contributed by atoms with Crippen LogP contribution in [0.4, 0.5) is 22.8 Å². The van der Waals surface area contributed by atoms with Crippen molar-refractivity contribution in [1.29, 1.82) is 0 Å². The minimum absolute atomic E-state index is 0.00281. The molecule has 3 amide bonds. The predicted octanol–water partition coefficient (Wildman–Crippen LogP) is 3.42. The topological polar surface area (TPSA) is 114 Å². The zero-order valence-corrected chi connectivity index (χ0v) is 17.7. The molecule has 9 nitrogen and oxygen atoms in total. The van der Waals surface area contributed by atoms with Crippen molar-refractivity contribution in [3.05, 3.63) is 65.6 Å². The Morgan fingerprint density at radius 1 is 1.29 bits per heavy atom. The number of hydrogen-bond acceptors (Lipinski definition) is 7. The number of alkyl halides is 3. The van der Waals surface area contributed by atoms with Gasteiger partial charge >= 0.3 is 18.3 Å². The molecule has 2 aromatic carbocycles. The SMILES string of the molecule is COc1cc([C@H]2OC(=O)N(C(=O)NCc3cccc4cncnc34)[C@H]2CO)cc(C(F)(F)F)c1. The number of imide groups is 1. The van der Waals surface area contributed by atoms with Crippen molar-refractivity contribution >= 4 is 23.0 Å². The zero-order chi connectivity index (χ0) is 24.5. The Bertz CT molecular complexity index is 1230. The molecule has 12 heteroatoms. The molecule has 0 spiro atoms. The second-order valence-electron chi connectivity index (χ2n) is 7.45. The molecule has 1 fully saturated rings. The average Bonchev–Trinajstić information content (AvgIpc) is 3.17. The number of nitrogens with one attached hydrogen (secondary N) is 1. The van der Waals surface area contributed by atoms with Crippen LogP contribution >= 0.6 is 0 Å². The van der Waals surface area contributed by atoms with Crippen LogP contribution in [0.3, 0.4) is 0 Å². The number of cyclic esters (lactones) is 1. The molecule has 0 unspecified atom stereocenters. The van der Waals surface area contributed by atoms with E-state index in [0.29, 0.717) is 16.0 Å². The maximum absolute atomic E-state index is 13.3. The first-order valence-corrected chi connectivity index (χ1v) is 10.0. The van der Waals surface area contributed by atoms with Gasteiger partial charge in [0.05, 0.1) is 24.8 Å². The second-order valence-corrected chi connectivity index (χ2v) is 7.45. The smallest absolute Gasteiger partial charge is 0.419 e. The molecule has 1 aliphatic heterocycles. The normalized spacial score (nSPS) is 18.1. The lowest BCUT2D eigenvalue weighted by molar-refractivity contribution is -0.137. The lowest BCUT2D eigenvalue weighted by atomic mass is 9.99. The molecule has 34 heavy (non-hydrogen) atoms. The fourth-order valence-corrected chi connectivity index (χ4v) is 3.76. The molecule has 2 atom stereocenters. The number of para-hydroxylation sites is 1. The third-order valence-corrected chi connectivity index (χ3v) is 5.38. The number of carbonyl (C=O) groups is 2. The van der Waals surface area contributed by atoms with E-state index in [1.807, 2.05) is 0 Å². The molecule has 1 aliphatic rings. The van der Waals surface area contributed by atoms with Gasteiger partial charge in [-0.2, -0.15) is 13.2 Å². The molecule has 1 aromatic heterocycles. The number of ether oxygens (including phenoxy) is 2. The Kier molecular flexibility index (Phi) is 6.24. The van der Waals surface area contributed by atoms with E-state index in [0.717, 1.165) is 17.5 Å². The van der Waals surface area contributed by atoms with Gasteiger partial charge in [0.2, 0.25) is 0 Å². The Morgan fingerprint density at radius 3 is 2.79 bits per heavy atom. The van der Waals surface area contributed by atoms with Crippen LogP contribution in [-0.4, -0.2) is 51.9 Å². The Morgan fingerprint density at radius 2 is 2.09 bits per heavy atom. The van der Waals surface area contributed by atoms with Gasteiger partial charge in [-0.15, -0.1) is 0 Å². The van der Waals surface area contributed by atoms with E-state index in [9.17, 15) is 27.9 Å². The Hall–Kier alpha value is -3.93. The van der Waals surface area contributed by atoms with E-state index in [-0.39, 0.29) is 17.9 Å². The molecule has 178 valence electrons. The summed E-state index contributed by atoms with van der Waals surface area (Å²) in [5.74, 6) is -0.113. The van der Waals surface area contributed by atoms with E-state index in [1.165, 1.54) is 19.5 Å². The summed E-state index contributed by atoms with van der Waals surface area (Å²) >= 11 is 0. The number of hydrogen-bond donors (Lipinski definition) is 2. The van der Waals surface area contributed by atoms with Crippen LogP contribution in [0.15, 0.2) is 48.9 Å². The second kappa shape index (κ2) is 9.14. The highest BCUT2D eigenvalue weighted by Crippen LogP contribution is 2.38. The van der Waals surface area contributed by atoms with Crippen molar-refractivity contribution < 1.29 is 37.3 Å². The molecule has 0 aliphatic carbocycles. The Labute approximate surface area is 191 Å². The fraction of sp³-hybridized carbons (Fsp3) is 0.273. The third-order valence-electron chi connectivity index (χ3n) is 5.38. The van der Waals surface area contributed by atoms with Crippen LogP contribution < -0.4 is 10.1 Å². The lowest BCUT2D eigenvalue weighted by Crippen LogP contribution is -2.46. The van der Waals surface area contributed by atoms with Crippen molar-refractivity contribution in [1.82, 2.24) is 20.2 Å². The number of carbonyl (C=O) groups excluding carboxylic acids is 2. The summed E-state index contributed by atoms with van der Waals surface area (Å²) in [6.07, 6.45) is -4.13. The van der Waals surface area contributed by atoms with E-state index in [4.69, 9.17) is 9.47 Å². The number of nitrogens with zero attached hydrogens (tertiary/aromatic N) is 3. The maximum Gasteiger partial charge on any atom is 0.419 e. The van der Waals surface area contributed by atoms with Gasteiger partial charge in [0.15, 0.2) is 6.10 Å². The lowest BCUT2D eigenvalue weighted by Gasteiger charge is -2.22. The van der Waals surface area contributed by atoms with Gasteiger partial charge in [0.25, 0.3) is 0 Å². The number of urea groups is 1. The summed E-state index contributed by atoms with van der Waals surface area (Å²) in [5.41, 5.74) is 0.172. The molecule has 1 saturated heterocycles. The quantitative estimate of drug-likeness (QED) is 0.580.